The zero-order valence-corrected chi connectivity index (χ0v) is 11.7. The van der Waals surface area contributed by atoms with Gasteiger partial charge in [0, 0.05) is 11.4 Å². The van der Waals surface area contributed by atoms with Crippen molar-refractivity contribution in [3.05, 3.63) is 52.1 Å². The molecule has 1 amide bonds. The molecule has 5 heteroatoms. The highest BCUT2D eigenvalue weighted by Crippen LogP contribution is 2.16. The summed E-state index contributed by atoms with van der Waals surface area (Å²) in [6, 6.07) is 7.73. The first-order chi connectivity index (χ1) is 8.56. The predicted octanol–water partition coefficient (Wildman–Crippen LogP) is 3.24. The average Bonchev–Trinajstić information content (AvgIpc) is 2.76. The minimum absolute atomic E-state index is 0.0809. The van der Waals surface area contributed by atoms with E-state index in [1.807, 2.05) is 31.2 Å². The van der Waals surface area contributed by atoms with Gasteiger partial charge < -0.3 is 9.73 Å². The Hall–Kier alpha value is -1.62. The second-order valence-electron chi connectivity index (χ2n) is 4.00. The molecule has 0 bridgehead atoms. The van der Waals surface area contributed by atoms with Crippen molar-refractivity contribution in [3.8, 4) is 0 Å². The molecule has 1 aromatic carbocycles. The van der Waals surface area contributed by atoms with Crippen molar-refractivity contribution in [3.63, 3.8) is 0 Å². The molecule has 2 aromatic rings. The zero-order chi connectivity index (χ0) is 13.1. The van der Waals surface area contributed by atoms with Crippen molar-refractivity contribution in [2.24, 2.45) is 0 Å². The number of benzene rings is 1. The van der Waals surface area contributed by atoms with Crippen LogP contribution in [0.25, 0.3) is 0 Å². The molecule has 0 unspecified atom stereocenters. The van der Waals surface area contributed by atoms with Crippen LogP contribution in [0, 0.1) is 6.92 Å². The lowest BCUT2D eigenvalue weighted by Gasteiger charge is -2.13. The second kappa shape index (κ2) is 5.35. The van der Waals surface area contributed by atoms with Crippen LogP contribution in [0.3, 0.4) is 0 Å². The predicted molar refractivity (Wildman–Crippen MR) is 71.3 cm³/mol. The first-order valence-corrected chi connectivity index (χ1v) is 6.34. The van der Waals surface area contributed by atoms with Gasteiger partial charge in [-0.3, -0.25) is 4.79 Å². The van der Waals surface area contributed by atoms with Crippen LogP contribution in [0.4, 0.5) is 0 Å². The van der Waals surface area contributed by atoms with Crippen molar-refractivity contribution in [2.45, 2.75) is 19.9 Å². The Morgan fingerprint density at radius 3 is 2.61 bits per heavy atom. The lowest BCUT2D eigenvalue weighted by molar-refractivity contribution is 0.0935. The monoisotopic (exact) mass is 308 g/mol. The van der Waals surface area contributed by atoms with E-state index in [1.165, 1.54) is 6.26 Å². The van der Waals surface area contributed by atoms with Crippen LogP contribution in [0.15, 0.2) is 39.4 Å². The molecule has 1 heterocycles. The minimum atomic E-state index is -0.234. The molecule has 0 radical (unpaired) electrons. The number of hydrogen-bond acceptors (Lipinski definition) is 3. The van der Waals surface area contributed by atoms with E-state index >= 15 is 0 Å². The van der Waals surface area contributed by atoms with E-state index in [0.717, 1.165) is 10.0 Å². The van der Waals surface area contributed by atoms with E-state index in [4.69, 9.17) is 4.42 Å². The number of oxazole rings is 1. The number of aryl methyl sites for hydroxylation is 1. The fourth-order valence-electron chi connectivity index (χ4n) is 1.57. The molecule has 0 fully saturated rings. The Morgan fingerprint density at radius 2 is 2.06 bits per heavy atom. The van der Waals surface area contributed by atoms with Gasteiger partial charge >= 0.3 is 0 Å². The number of carbonyl (C=O) groups excluding carboxylic acids is 1. The maximum atomic E-state index is 11.9. The summed E-state index contributed by atoms with van der Waals surface area (Å²) in [7, 11) is 0. The van der Waals surface area contributed by atoms with Crippen molar-refractivity contribution >= 4 is 21.8 Å². The van der Waals surface area contributed by atoms with Gasteiger partial charge in [0.05, 0.1) is 6.04 Å². The summed E-state index contributed by atoms with van der Waals surface area (Å²) < 4.78 is 6.02. The van der Waals surface area contributed by atoms with Gasteiger partial charge in [0.1, 0.15) is 6.26 Å². The van der Waals surface area contributed by atoms with Crippen molar-refractivity contribution in [1.29, 1.82) is 0 Å². The quantitative estimate of drug-likeness (QED) is 0.947. The summed E-state index contributed by atoms with van der Waals surface area (Å²) in [5.74, 6) is 0.249. The molecule has 18 heavy (non-hydrogen) atoms. The number of rotatable bonds is 3. The number of hydrogen-bond donors (Lipinski definition) is 1. The Balaban J connectivity index is 2.05. The second-order valence-corrected chi connectivity index (χ2v) is 4.91. The SMILES string of the molecule is Cc1nc(C(=O)N[C@@H](C)c2ccc(Br)cc2)co1. The molecule has 0 aliphatic carbocycles. The molecule has 0 saturated heterocycles. The van der Waals surface area contributed by atoms with Crippen LogP contribution in [-0.4, -0.2) is 10.9 Å². The molecular weight excluding hydrogens is 296 g/mol. The average molecular weight is 309 g/mol. The van der Waals surface area contributed by atoms with Gasteiger partial charge in [0.2, 0.25) is 0 Å². The number of halogens is 1. The van der Waals surface area contributed by atoms with Crippen molar-refractivity contribution < 1.29 is 9.21 Å². The van der Waals surface area contributed by atoms with Crippen LogP contribution in [0.5, 0.6) is 0 Å². The molecular formula is C13H13BrN2O2. The summed E-state index contributed by atoms with van der Waals surface area (Å²) >= 11 is 3.38. The summed E-state index contributed by atoms with van der Waals surface area (Å²) in [4.78, 5) is 15.9. The molecule has 0 saturated carbocycles. The number of aromatic nitrogens is 1. The highest BCUT2D eigenvalue weighted by molar-refractivity contribution is 9.10. The van der Waals surface area contributed by atoms with Crippen LogP contribution in [0.2, 0.25) is 0 Å². The van der Waals surface area contributed by atoms with E-state index in [9.17, 15) is 4.79 Å². The maximum absolute atomic E-state index is 11.9. The highest BCUT2D eigenvalue weighted by Gasteiger charge is 2.14. The fourth-order valence-corrected chi connectivity index (χ4v) is 1.84. The zero-order valence-electron chi connectivity index (χ0n) is 10.1. The van der Waals surface area contributed by atoms with E-state index < -0.39 is 0 Å². The molecule has 0 aliphatic heterocycles. The molecule has 4 nitrogen and oxygen atoms in total. The van der Waals surface area contributed by atoms with Crippen LogP contribution in [-0.2, 0) is 0 Å². The molecule has 0 spiro atoms. The third kappa shape index (κ3) is 2.98. The normalized spacial score (nSPS) is 12.2. The largest absolute Gasteiger partial charge is 0.448 e. The van der Waals surface area contributed by atoms with E-state index in [1.54, 1.807) is 6.92 Å². The number of amides is 1. The molecule has 1 atom stereocenters. The Bertz CT molecular complexity index is 548. The van der Waals surface area contributed by atoms with E-state index in [2.05, 4.69) is 26.2 Å². The smallest absolute Gasteiger partial charge is 0.273 e. The van der Waals surface area contributed by atoms with Crippen molar-refractivity contribution in [2.75, 3.05) is 0 Å². The maximum Gasteiger partial charge on any atom is 0.273 e. The molecule has 94 valence electrons. The standard InChI is InChI=1S/C13H13BrN2O2/c1-8(10-3-5-11(14)6-4-10)15-13(17)12-7-18-9(2)16-12/h3-8H,1-2H3,(H,15,17)/t8-/m0/s1. The van der Waals surface area contributed by atoms with Gasteiger partial charge in [-0.05, 0) is 24.6 Å². The van der Waals surface area contributed by atoms with Crippen molar-refractivity contribution in [1.82, 2.24) is 10.3 Å². The lowest BCUT2D eigenvalue weighted by atomic mass is 10.1. The van der Waals surface area contributed by atoms with Crippen LogP contribution >= 0.6 is 15.9 Å². The number of carbonyl (C=O) groups is 1. The Labute approximate surface area is 114 Å². The Kier molecular flexibility index (Phi) is 3.81. The fraction of sp³-hybridized carbons (Fsp3) is 0.231. The Morgan fingerprint density at radius 1 is 1.39 bits per heavy atom. The molecule has 1 aromatic heterocycles. The minimum Gasteiger partial charge on any atom is -0.448 e. The summed E-state index contributed by atoms with van der Waals surface area (Å²) in [6.07, 6.45) is 1.36. The molecule has 1 N–H and O–H groups in total. The third-order valence-corrected chi connectivity index (χ3v) is 3.10. The third-order valence-electron chi connectivity index (χ3n) is 2.57. The number of nitrogens with zero attached hydrogens (tertiary/aromatic N) is 1. The molecule has 0 aliphatic rings. The summed E-state index contributed by atoms with van der Waals surface area (Å²) in [5, 5.41) is 2.87. The van der Waals surface area contributed by atoms with Gasteiger partial charge in [-0.1, -0.05) is 28.1 Å². The van der Waals surface area contributed by atoms with E-state index in [0.29, 0.717) is 11.6 Å². The highest BCUT2D eigenvalue weighted by atomic mass is 79.9. The van der Waals surface area contributed by atoms with Crippen LogP contribution < -0.4 is 5.32 Å². The van der Waals surface area contributed by atoms with Gasteiger partial charge in [-0.15, -0.1) is 0 Å². The summed E-state index contributed by atoms with van der Waals surface area (Å²) in [5.41, 5.74) is 1.34. The molecule has 2 rings (SSSR count). The van der Waals surface area contributed by atoms with Gasteiger partial charge in [0.15, 0.2) is 11.6 Å². The topological polar surface area (TPSA) is 55.1 Å². The van der Waals surface area contributed by atoms with Crippen LogP contribution in [0.1, 0.15) is 34.9 Å². The first-order valence-electron chi connectivity index (χ1n) is 5.54. The van der Waals surface area contributed by atoms with Gasteiger partial charge in [-0.25, -0.2) is 4.98 Å². The van der Waals surface area contributed by atoms with Gasteiger partial charge in [0.25, 0.3) is 5.91 Å². The van der Waals surface area contributed by atoms with Gasteiger partial charge in [-0.2, -0.15) is 0 Å². The lowest BCUT2D eigenvalue weighted by Crippen LogP contribution is -2.26. The summed E-state index contributed by atoms with van der Waals surface area (Å²) in [6.45, 7) is 3.63. The first kappa shape index (κ1) is 12.8. The van der Waals surface area contributed by atoms with E-state index in [-0.39, 0.29) is 11.9 Å². The number of nitrogens with one attached hydrogen (secondary N) is 1.